The van der Waals surface area contributed by atoms with E-state index in [0.29, 0.717) is 18.8 Å². The third-order valence-corrected chi connectivity index (χ3v) is 5.38. The number of halogens is 1. The van der Waals surface area contributed by atoms with Gasteiger partial charge in [-0.25, -0.2) is 4.39 Å². The Labute approximate surface area is 114 Å². The van der Waals surface area contributed by atoms with Crippen LogP contribution in [0.2, 0.25) is 0 Å². The van der Waals surface area contributed by atoms with Crippen molar-refractivity contribution in [1.82, 2.24) is 0 Å². The van der Waals surface area contributed by atoms with Crippen molar-refractivity contribution in [2.75, 3.05) is 0 Å². The van der Waals surface area contributed by atoms with E-state index in [1.54, 1.807) is 6.07 Å². The zero-order valence-electron chi connectivity index (χ0n) is 11.7. The van der Waals surface area contributed by atoms with Crippen LogP contribution < -0.4 is 0 Å². The molecule has 104 valence electrons. The molecule has 1 fully saturated rings. The molecule has 19 heavy (non-hydrogen) atoms. The van der Waals surface area contributed by atoms with E-state index in [9.17, 15) is 9.50 Å². The lowest BCUT2D eigenvalue weighted by molar-refractivity contribution is -0.0458. The van der Waals surface area contributed by atoms with E-state index in [-0.39, 0.29) is 5.82 Å². The van der Waals surface area contributed by atoms with Crippen molar-refractivity contribution in [3.05, 3.63) is 35.1 Å². The van der Waals surface area contributed by atoms with E-state index < -0.39 is 5.60 Å². The lowest BCUT2D eigenvalue weighted by Crippen LogP contribution is -2.36. The van der Waals surface area contributed by atoms with Gasteiger partial charge >= 0.3 is 0 Å². The average Bonchev–Trinajstić information content (AvgIpc) is 2.80. The van der Waals surface area contributed by atoms with E-state index in [4.69, 9.17) is 0 Å². The second kappa shape index (κ2) is 4.90. The fraction of sp³-hybridized carbons (Fsp3) is 0.647. The summed E-state index contributed by atoms with van der Waals surface area (Å²) in [6, 6.07) is 5.19. The van der Waals surface area contributed by atoms with E-state index >= 15 is 0 Å². The molecule has 0 amide bonds. The molecule has 2 aliphatic rings. The molecule has 0 spiro atoms. The molecule has 0 heterocycles. The Bertz CT molecular complexity index is 470. The van der Waals surface area contributed by atoms with E-state index in [2.05, 4.69) is 6.92 Å². The smallest absolute Gasteiger partial charge is 0.126 e. The van der Waals surface area contributed by atoms with Gasteiger partial charge in [0.15, 0.2) is 0 Å². The highest BCUT2D eigenvalue weighted by Crippen LogP contribution is 2.49. The Kier molecular flexibility index (Phi) is 3.38. The summed E-state index contributed by atoms with van der Waals surface area (Å²) in [5.41, 5.74) is 0.850. The van der Waals surface area contributed by atoms with Gasteiger partial charge in [0.1, 0.15) is 5.82 Å². The highest BCUT2D eigenvalue weighted by molar-refractivity contribution is 5.39. The van der Waals surface area contributed by atoms with Gasteiger partial charge in [-0.15, -0.1) is 0 Å². The predicted octanol–water partition coefficient (Wildman–Crippen LogP) is 4.18. The molecule has 2 aliphatic carbocycles. The molecule has 1 saturated carbocycles. The van der Waals surface area contributed by atoms with Gasteiger partial charge in [-0.2, -0.15) is 0 Å². The highest BCUT2D eigenvalue weighted by atomic mass is 19.1. The first-order valence-electron chi connectivity index (χ1n) is 7.65. The summed E-state index contributed by atoms with van der Waals surface area (Å²) in [5.74, 6) is 0.908. The summed E-state index contributed by atoms with van der Waals surface area (Å²) in [5, 5.41) is 11.1. The number of hydrogen-bond donors (Lipinski definition) is 1. The van der Waals surface area contributed by atoms with Crippen molar-refractivity contribution >= 4 is 0 Å². The van der Waals surface area contributed by atoms with Gasteiger partial charge in [0.2, 0.25) is 0 Å². The Hall–Kier alpha value is -0.890. The number of rotatable bonds is 2. The van der Waals surface area contributed by atoms with Crippen molar-refractivity contribution in [2.45, 2.75) is 57.5 Å². The van der Waals surface area contributed by atoms with Crippen molar-refractivity contribution in [1.29, 1.82) is 0 Å². The van der Waals surface area contributed by atoms with E-state index in [0.717, 1.165) is 29.9 Å². The Balaban J connectivity index is 1.91. The van der Waals surface area contributed by atoms with Crippen LogP contribution in [-0.4, -0.2) is 5.11 Å². The molecule has 0 radical (unpaired) electrons. The first kappa shape index (κ1) is 13.1. The quantitative estimate of drug-likeness (QED) is 0.848. The van der Waals surface area contributed by atoms with Gasteiger partial charge < -0.3 is 5.11 Å². The van der Waals surface area contributed by atoms with Crippen LogP contribution in [0.25, 0.3) is 0 Å². The van der Waals surface area contributed by atoms with Crippen LogP contribution in [-0.2, 0) is 12.0 Å². The first-order valence-corrected chi connectivity index (χ1v) is 7.65. The third-order valence-electron chi connectivity index (χ3n) is 5.38. The van der Waals surface area contributed by atoms with Gasteiger partial charge in [0.05, 0.1) is 5.60 Å². The number of hydrogen-bond acceptors (Lipinski definition) is 1. The molecule has 2 heteroatoms. The monoisotopic (exact) mass is 262 g/mol. The normalized spacial score (nSPS) is 34.3. The average molecular weight is 262 g/mol. The summed E-state index contributed by atoms with van der Waals surface area (Å²) in [4.78, 5) is 0. The number of benzene rings is 1. The van der Waals surface area contributed by atoms with E-state index in [1.165, 1.54) is 25.3 Å². The fourth-order valence-corrected chi connectivity index (χ4v) is 4.19. The standard InChI is InChI=1S/C17H23FO/c1-2-12-5-3-6-13(11-12)17(19)10-9-14-15(17)7-4-8-16(14)18/h4,7-8,12-13,19H,2-3,5-6,9-11H2,1H3. The Morgan fingerprint density at radius 3 is 3.00 bits per heavy atom. The molecule has 1 nitrogen and oxygen atoms in total. The largest absolute Gasteiger partial charge is 0.385 e. The highest BCUT2D eigenvalue weighted by Gasteiger charge is 2.45. The van der Waals surface area contributed by atoms with E-state index in [1.807, 2.05) is 6.07 Å². The predicted molar refractivity (Wildman–Crippen MR) is 74.4 cm³/mol. The van der Waals surface area contributed by atoms with Gasteiger partial charge in [0, 0.05) is 0 Å². The van der Waals surface area contributed by atoms with Crippen LogP contribution >= 0.6 is 0 Å². The van der Waals surface area contributed by atoms with Crippen LogP contribution in [0, 0.1) is 17.7 Å². The number of fused-ring (bicyclic) bond motifs is 1. The molecule has 0 aliphatic heterocycles. The van der Waals surface area contributed by atoms with Gasteiger partial charge in [-0.05, 0) is 54.7 Å². The topological polar surface area (TPSA) is 20.2 Å². The van der Waals surface area contributed by atoms with Crippen molar-refractivity contribution in [3.8, 4) is 0 Å². The SMILES string of the molecule is CCC1CCCC(C2(O)CCc3c(F)cccc32)C1. The summed E-state index contributed by atoms with van der Waals surface area (Å²) < 4.78 is 13.8. The second-order valence-corrected chi connectivity index (χ2v) is 6.33. The summed E-state index contributed by atoms with van der Waals surface area (Å²) in [7, 11) is 0. The Morgan fingerprint density at radius 1 is 1.37 bits per heavy atom. The molecule has 0 aromatic heterocycles. The fourth-order valence-electron chi connectivity index (χ4n) is 4.19. The zero-order valence-corrected chi connectivity index (χ0v) is 11.7. The van der Waals surface area contributed by atoms with Gasteiger partial charge in [-0.1, -0.05) is 38.3 Å². The van der Waals surface area contributed by atoms with Gasteiger partial charge in [0.25, 0.3) is 0 Å². The van der Waals surface area contributed by atoms with Crippen molar-refractivity contribution < 1.29 is 9.50 Å². The van der Waals surface area contributed by atoms with Crippen molar-refractivity contribution in [2.24, 2.45) is 11.8 Å². The molecular formula is C17H23FO. The molecule has 3 rings (SSSR count). The summed E-state index contributed by atoms with van der Waals surface area (Å²) >= 11 is 0. The minimum absolute atomic E-state index is 0.142. The minimum Gasteiger partial charge on any atom is -0.385 e. The lowest BCUT2D eigenvalue weighted by atomic mass is 9.70. The maximum Gasteiger partial charge on any atom is 0.126 e. The summed E-state index contributed by atoms with van der Waals surface area (Å²) in [6.07, 6.45) is 7.26. The van der Waals surface area contributed by atoms with Crippen LogP contribution in [0.3, 0.4) is 0 Å². The zero-order chi connectivity index (χ0) is 13.5. The molecule has 1 aromatic carbocycles. The first-order chi connectivity index (χ1) is 9.15. The third kappa shape index (κ3) is 2.10. The number of aliphatic hydroxyl groups is 1. The molecule has 1 N–H and O–H groups in total. The lowest BCUT2D eigenvalue weighted by Gasteiger charge is -2.39. The molecule has 3 atom stereocenters. The molecule has 3 unspecified atom stereocenters. The van der Waals surface area contributed by atoms with Crippen LogP contribution in [0.15, 0.2) is 18.2 Å². The molecular weight excluding hydrogens is 239 g/mol. The molecule has 1 aromatic rings. The second-order valence-electron chi connectivity index (χ2n) is 6.33. The Morgan fingerprint density at radius 2 is 2.21 bits per heavy atom. The maximum atomic E-state index is 13.8. The van der Waals surface area contributed by atoms with Gasteiger partial charge in [-0.3, -0.25) is 0 Å². The van der Waals surface area contributed by atoms with Crippen molar-refractivity contribution in [3.63, 3.8) is 0 Å². The summed E-state index contributed by atoms with van der Waals surface area (Å²) in [6.45, 7) is 2.24. The van der Waals surface area contributed by atoms with Crippen LogP contribution in [0.1, 0.15) is 56.6 Å². The molecule has 0 saturated heterocycles. The maximum absolute atomic E-state index is 13.8. The van der Waals surface area contributed by atoms with Crippen LogP contribution in [0.4, 0.5) is 4.39 Å². The molecule has 0 bridgehead atoms. The van der Waals surface area contributed by atoms with Crippen LogP contribution in [0.5, 0.6) is 0 Å². The minimum atomic E-state index is -0.773.